The van der Waals surface area contributed by atoms with Gasteiger partial charge in [-0.15, -0.1) is 0 Å². The average Bonchev–Trinajstić information content (AvgIpc) is 3.19. The van der Waals surface area contributed by atoms with E-state index in [0.29, 0.717) is 6.54 Å². The molecule has 1 aromatic rings. The number of allylic oxidation sites excluding steroid dienone is 3. The van der Waals surface area contributed by atoms with Crippen molar-refractivity contribution in [3.05, 3.63) is 54.4 Å². The first kappa shape index (κ1) is 12.6. The van der Waals surface area contributed by atoms with Crippen LogP contribution in [0.2, 0.25) is 0 Å². The standard InChI is InChI=1S/C15H18N2O/c1-2-3-4-8-14(18)17-12-15(9-10-15)13-7-5-6-11-16-13/h2-8,11H,9-10,12H2,1H3,(H,17,18)/b3-2+,8-4+. The van der Waals surface area contributed by atoms with Crippen molar-refractivity contribution < 1.29 is 4.79 Å². The SMILES string of the molecule is C/C=C/C=C/C(=O)NCC1(c2ccccn2)CC1. The zero-order chi connectivity index (χ0) is 12.8. The van der Waals surface area contributed by atoms with Gasteiger partial charge in [-0.2, -0.15) is 0 Å². The van der Waals surface area contributed by atoms with Gasteiger partial charge in [0, 0.05) is 29.9 Å². The molecular weight excluding hydrogens is 224 g/mol. The van der Waals surface area contributed by atoms with E-state index in [4.69, 9.17) is 0 Å². The largest absolute Gasteiger partial charge is 0.352 e. The maximum atomic E-state index is 11.6. The molecule has 1 saturated carbocycles. The van der Waals surface area contributed by atoms with Gasteiger partial charge in [-0.1, -0.05) is 24.3 Å². The van der Waals surface area contributed by atoms with Crippen molar-refractivity contribution in [2.24, 2.45) is 0 Å². The highest BCUT2D eigenvalue weighted by Crippen LogP contribution is 2.46. The lowest BCUT2D eigenvalue weighted by atomic mass is 10.0. The number of amides is 1. The lowest BCUT2D eigenvalue weighted by Gasteiger charge is -2.14. The van der Waals surface area contributed by atoms with E-state index < -0.39 is 0 Å². The molecule has 0 radical (unpaired) electrons. The molecule has 0 saturated heterocycles. The lowest BCUT2D eigenvalue weighted by molar-refractivity contribution is -0.116. The minimum Gasteiger partial charge on any atom is -0.352 e. The van der Waals surface area contributed by atoms with Crippen LogP contribution in [-0.4, -0.2) is 17.4 Å². The molecule has 0 spiro atoms. The Bertz CT molecular complexity index is 459. The van der Waals surface area contributed by atoms with Crippen molar-refractivity contribution in [1.29, 1.82) is 0 Å². The Hall–Kier alpha value is -1.90. The van der Waals surface area contributed by atoms with Gasteiger partial charge in [0.05, 0.1) is 0 Å². The fraction of sp³-hybridized carbons (Fsp3) is 0.333. The number of rotatable bonds is 5. The van der Waals surface area contributed by atoms with Gasteiger partial charge < -0.3 is 5.32 Å². The van der Waals surface area contributed by atoms with Crippen LogP contribution in [0.3, 0.4) is 0 Å². The van der Waals surface area contributed by atoms with Crippen LogP contribution < -0.4 is 5.32 Å². The van der Waals surface area contributed by atoms with Gasteiger partial charge in [0.2, 0.25) is 5.91 Å². The highest BCUT2D eigenvalue weighted by atomic mass is 16.1. The number of nitrogens with one attached hydrogen (secondary N) is 1. The molecule has 2 rings (SSSR count). The number of nitrogens with zero attached hydrogens (tertiary/aromatic N) is 1. The number of carbonyl (C=O) groups excluding carboxylic acids is 1. The minimum absolute atomic E-state index is 0.0460. The van der Waals surface area contributed by atoms with E-state index in [2.05, 4.69) is 10.3 Å². The first-order valence-electron chi connectivity index (χ1n) is 6.25. The predicted molar refractivity (Wildman–Crippen MR) is 72.1 cm³/mol. The van der Waals surface area contributed by atoms with Gasteiger partial charge in [0.25, 0.3) is 0 Å². The second-order valence-corrected chi connectivity index (χ2v) is 4.60. The van der Waals surface area contributed by atoms with Crippen LogP contribution >= 0.6 is 0 Å². The Kier molecular flexibility index (Phi) is 3.92. The van der Waals surface area contributed by atoms with Crippen LogP contribution in [0.5, 0.6) is 0 Å². The monoisotopic (exact) mass is 242 g/mol. The van der Waals surface area contributed by atoms with Gasteiger partial charge >= 0.3 is 0 Å². The summed E-state index contributed by atoms with van der Waals surface area (Å²) in [4.78, 5) is 16.0. The van der Waals surface area contributed by atoms with Gasteiger partial charge in [-0.3, -0.25) is 9.78 Å². The van der Waals surface area contributed by atoms with E-state index in [1.807, 2.05) is 43.5 Å². The van der Waals surface area contributed by atoms with Crippen LogP contribution in [0.25, 0.3) is 0 Å². The summed E-state index contributed by atoms with van der Waals surface area (Å²) in [6.45, 7) is 2.59. The second kappa shape index (κ2) is 5.63. The van der Waals surface area contributed by atoms with Crippen molar-refractivity contribution in [3.63, 3.8) is 0 Å². The summed E-state index contributed by atoms with van der Waals surface area (Å²) < 4.78 is 0. The summed E-state index contributed by atoms with van der Waals surface area (Å²) in [6.07, 6.45) is 11.0. The molecule has 0 aliphatic heterocycles. The molecule has 1 amide bonds. The smallest absolute Gasteiger partial charge is 0.244 e. The quantitative estimate of drug-likeness (QED) is 0.636. The van der Waals surface area contributed by atoms with E-state index in [9.17, 15) is 4.79 Å². The number of aromatic nitrogens is 1. The molecule has 94 valence electrons. The Morgan fingerprint density at radius 2 is 2.28 bits per heavy atom. The highest BCUT2D eigenvalue weighted by molar-refractivity contribution is 5.87. The van der Waals surface area contributed by atoms with E-state index in [-0.39, 0.29) is 11.3 Å². The second-order valence-electron chi connectivity index (χ2n) is 4.60. The highest BCUT2D eigenvalue weighted by Gasteiger charge is 2.45. The molecule has 0 bridgehead atoms. The van der Waals surface area contributed by atoms with Crippen molar-refractivity contribution in [1.82, 2.24) is 10.3 Å². The molecule has 0 unspecified atom stereocenters. The molecule has 0 aromatic carbocycles. The maximum absolute atomic E-state index is 11.6. The van der Waals surface area contributed by atoms with E-state index in [1.54, 1.807) is 12.2 Å². The van der Waals surface area contributed by atoms with Gasteiger partial charge in [0.1, 0.15) is 0 Å². The van der Waals surface area contributed by atoms with Crippen LogP contribution in [0, 0.1) is 0 Å². The van der Waals surface area contributed by atoms with Crippen LogP contribution in [0.15, 0.2) is 48.7 Å². The Labute approximate surface area is 108 Å². The normalized spacial score (nSPS) is 17.2. The third kappa shape index (κ3) is 3.06. The van der Waals surface area contributed by atoms with Gasteiger partial charge in [-0.05, 0) is 31.9 Å². The molecular formula is C15H18N2O. The zero-order valence-electron chi connectivity index (χ0n) is 10.6. The summed E-state index contributed by atoms with van der Waals surface area (Å²) in [7, 11) is 0. The fourth-order valence-electron chi connectivity index (χ4n) is 1.92. The molecule has 0 atom stereocenters. The van der Waals surface area contributed by atoms with Gasteiger partial charge in [-0.25, -0.2) is 0 Å². The Morgan fingerprint density at radius 3 is 2.89 bits per heavy atom. The first-order valence-corrected chi connectivity index (χ1v) is 6.25. The summed E-state index contributed by atoms with van der Waals surface area (Å²) in [5.41, 5.74) is 1.16. The first-order chi connectivity index (χ1) is 8.77. The number of hydrogen-bond donors (Lipinski definition) is 1. The molecule has 18 heavy (non-hydrogen) atoms. The van der Waals surface area contributed by atoms with Crippen molar-refractivity contribution in [2.45, 2.75) is 25.2 Å². The topological polar surface area (TPSA) is 42.0 Å². The molecule has 1 aromatic heterocycles. The van der Waals surface area contributed by atoms with E-state index in [0.717, 1.165) is 18.5 Å². The maximum Gasteiger partial charge on any atom is 0.244 e. The lowest BCUT2D eigenvalue weighted by Crippen LogP contribution is -2.31. The third-order valence-corrected chi connectivity index (χ3v) is 3.21. The average molecular weight is 242 g/mol. The summed E-state index contributed by atoms with van der Waals surface area (Å²) >= 11 is 0. The van der Waals surface area contributed by atoms with E-state index >= 15 is 0 Å². The van der Waals surface area contributed by atoms with Crippen LogP contribution in [0.1, 0.15) is 25.5 Å². The Balaban J connectivity index is 1.89. The van der Waals surface area contributed by atoms with E-state index in [1.165, 1.54) is 0 Å². The minimum atomic E-state index is -0.0460. The molecule has 1 N–H and O–H groups in total. The zero-order valence-corrected chi connectivity index (χ0v) is 10.6. The summed E-state index contributed by atoms with van der Waals surface area (Å²) in [5, 5.41) is 2.94. The molecule has 3 nitrogen and oxygen atoms in total. The van der Waals surface area contributed by atoms with Crippen molar-refractivity contribution >= 4 is 5.91 Å². The fourth-order valence-corrected chi connectivity index (χ4v) is 1.92. The molecule has 1 heterocycles. The van der Waals surface area contributed by atoms with Gasteiger partial charge in [0.15, 0.2) is 0 Å². The number of carbonyl (C=O) groups is 1. The number of hydrogen-bond acceptors (Lipinski definition) is 2. The van der Waals surface area contributed by atoms with Crippen molar-refractivity contribution in [3.8, 4) is 0 Å². The third-order valence-electron chi connectivity index (χ3n) is 3.21. The molecule has 1 aliphatic rings. The summed E-state index contributed by atoms with van der Waals surface area (Å²) in [6, 6.07) is 5.95. The number of pyridine rings is 1. The molecule has 1 fully saturated rings. The molecule has 3 heteroatoms. The molecule has 1 aliphatic carbocycles. The predicted octanol–water partition coefficient (Wildman–Crippen LogP) is 2.36. The van der Waals surface area contributed by atoms with Crippen molar-refractivity contribution in [2.75, 3.05) is 6.54 Å². The van der Waals surface area contributed by atoms with Crippen LogP contribution in [0.4, 0.5) is 0 Å². The Morgan fingerprint density at radius 1 is 1.44 bits per heavy atom. The van der Waals surface area contributed by atoms with Crippen LogP contribution in [-0.2, 0) is 10.2 Å². The summed E-state index contributed by atoms with van der Waals surface area (Å²) in [5.74, 6) is -0.0460.